The summed E-state index contributed by atoms with van der Waals surface area (Å²) in [5.41, 5.74) is 0. The lowest BCUT2D eigenvalue weighted by Gasteiger charge is -2.24. The highest BCUT2D eigenvalue weighted by atomic mass is 16.9. The van der Waals surface area contributed by atoms with E-state index >= 15 is 0 Å². The molecule has 0 atom stereocenters. The van der Waals surface area contributed by atoms with Gasteiger partial charge in [-0.05, 0) is 0 Å². The number of carbonyl (C=O) groups excluding carboxylic acids is 2. The first kappa shape index (κ1) is 12.7. The maximum Gasteiger partial charge on any atom is 0.531 e. The Bertz CT molecular complexity index is 224. The Morgan fingerprint density at radius 1 is 1.14 bits per heavy atom. The number of carbonyl (C=O) groups is 2. The molecule has 0 fully saturated rings. The van der Waals surface area contributed by atoms with Crippen molar-refractivity contribution in [3.05, 3.63) is 0 Å². The second-order valence-corrected chi connectivity index (χ2v) is 3.25. The van der Waals surface area contributed by atoms with Crippen molar-refractivity contribution in [1.82, 2.24) is 5.06 Å². The third-order valence-corrected chi connectivity index (χ3v) is 0.976. The molecule has 0 aliphatic heterocycles. The van der Waals surface area contributed by atoms with Crippen molar-refractivity contribution in [2.24, 2.45) is 0 Å². The largest absolute Gasteiger partial charge is 0.531 e. The monoisotopic (exact) mass is 205 g/mol. The molecular formula is C8H15NO5. The van der Waals surface area contributed by atoms with Crippen molar-refractivity contribution in [1.29, 1.82) is 0 Å². The van der Waals surface area contributed by atoms with Crippen LogP contribution in [0.1, 0.15) is 20.8 Å². The second-order valence-electron chi connectivity index (χ2n) is 3.25. The highest BCUT2D eigenvalue weighted by Crippen LogP contribution is 2.12. The molecule has 0 radical (unpaired) electrons. The second kappa shape index (κ2) is 4.80. The molecule has 0 N–H and O–H groups in total. The molecule has 0 rings (SSSR count). The Morgan fingerprint density at radius 2 is 1.64 bits per heavy atom. The normalized spacial score (nSPS) is 11.0. The van der Waals surface area contributed by atoms with Crippen LogP contribution >= 0.6 is 0 Å². The van der Waals surface area contributed by atoms with E-state index in [0.717, 1.165) is 0 Å². The number of hydrogen-bond acceptors (Lipinski definition) is 6. The van der Waals surface area contributed by atoms with E-state index in [4.69, 9.17) is 9.47 Å². The molecule has 14 heavy (non-hydrogen) atoms. The van der Waals surface area contributed by atoms with Crippen molar-refractivity contribution in [3.63, 3.8) is 0 Å². The molecule has 0 spiro atoms. The van der Waals surface area contributed by atoms with Crippen molar-refractivity contribution in [2.45, 2.75) is 26.6 Å². The first-order valence-electron chi connectivity index (χ1n) is 4.01. The van der Waals surface area contributed by atoms with Gasteiger partial charge in [-0.25, -0.2) is 4.79 Å². The van der Waals surface area contributed by atoms with E-state index < -0.39 is 17.9 Å². The highest BCUT2D eigenvalue weighted by molar-refractivity contribution is 5.67. The van der Waals surface area contributed by atoms with E-state index in [2.05, 4.69) is 4.84 Å². The number of ether oxygens (including phenoxy) is 2. The van der Waals surface area contributed by atoms with Crippen LogP contribution in [0.25, 0.3) is 0 Å². The Balaban J connectivity index is 4.08. The lowest BCUT2D eigenvalue weighted by Crippen LogP contribution is -2.34. The predicted molar refractivity (Wildman–Crippen MR) is 47.1 cm³/mol. The fourth-order valence-corrected chi connectivity index (χ4v) is 0.735. The molecular weight excluding hydrogens is 190 g/mol. The van der Waals surface area contributed by atoms with E-state index in [-0.39, 0.29) is 0 Å². The van der Waals surface area contributed by atoms with Gasteiger partial charge in [-0.2, -0.15) is 0 Å². The van der Waals surface area contributed by atoms with Crippen LogP contribution in [0.2, 0.25) is 0 Å². The zero-order valence-electron chi connectivity index (χ0n) is 8.99. The summed E-state index contributed by atoms with van der Waals surface area (Å²) in [6.07, 6.45) is -0.929. The first-order valence-corrected chi connectivity index (χ1v) is 4.01. The smallest absolute Gasteiger partial charge is 0.423 e. The minimum atomic E-state index is -1.32. The number of esters is 1. The first-order chi connectivity index (χ1) is 6.23. The predicted octanol–water partition coefficient (Wildman–Crippen LogP) is 0.915. The summed E-state index contributed by atoms with van der Waals surface area (Å²) in [6.45, 7) is 4.10. The molecule has 0 unspecified atom stereocenters. The van der Waals surface area contributed by atoms with Gasteiger partial charge in [0.05, 0.1) is 0 Å². The number of nitrogens with zero attached hydrogens (tertiary/aromatic N) is 1. The highest BCUT2D eigenvalue weighted by Gasteiger charge is 2.27. The third kappa shape index (κ3) is 6.24. The van der Waals surface area contributed by atoms with Gasteiger partial charge >= 0.3 is 12.1 Å². The van der Waals surface area contributed by atoms with Crippen LogP contribution in [0, 0.1) is 0 Å². The summed E-state index contributed by atoms with van der Waals surface area (Å²) in [5, 5.41) is 1.17. The average molecular weight is 205 g/mol. The average Bonchev–Trinajstić information content (AvgIpc) is 1.77. The van der Waals surface area contributed by atoms with Gasteiger partial charge in [0, 0.05) is 34.9 Å². The molecule has 0 bridgehead atoms. The van der Waals surface area contributed by atoms with Crippen molar-refractivity contribution in [2.75, 3.05) is 14.1 Å². The molecule has 6 heteroatoms. The van der Waals surface area contributed by atoms with Crippen LogP contribution in [-0.2, 0) is 19.1 Å². The van der Waals surface area contributed by atoms with E-state index in [1.165, 1.54) is 39.9 Å². The molecule has 0 heterocycles. The quantitative estimate of drug-likeness (QED) is 0.387. The molecule has 0 aromatic rings. The molecule has 0 aliphatic carbocycles. The van der Waals surface area contributed by atoms with E-state index in [0.29, 0.717) is 0 Å². The lowest BCUT2D eigenvalue weighted by atomic mass is 10.4. The standard InChI is InChI=1S/C8H15NO5/c1-6(10)12-8(2,3)13-7(11)14-9(4)5/h1-5H3. The summed E-state index contributed by atoms with van der Waals surface area (Å²) >= 11 is 0. The zero-order valence-corrected chi connectivity index (χ0v) is 8.99. The van der Waals surface area contributed by atoms with Crippen molar-refractivity contribution < 1.29 is 23.9 Å². The Hall–Kier alpha value is -1.30. The fourth-order valence-electron chi connectivity index (χ4n) is 0.735. The van der Waals surface area contributed by atoms with Gasteiger partial charge in [0.15, 0.2) is 0 Å². The molecule has 0 amide bonds. The van der Waals surface area contributed by atoms with Crippen LogP contribution in [0.3, 0.4) is 0 Å². The molecule has 0 saturated carbocycles. The summed E-state index contributed by atoms with van der Waals surface area (Å²) in [5.74, 6) is -1.86. The van der Waals surface area contributed by atoms with Gasteiger partial charge in [0.2, 0.25) is 0 Å². The number of hydroxylamine groups is 2. The molecule has 82 valence electrons. The zero-order chi connectivity index (χ0) is 11.4. The molecule has 0 saturated heterocycles. The van der Waals surface area contributed by atoms with Gasteiger partial charge < -0.3 is 14.3 Å². The van der Waals surface area contributed by atoms with Gasteiger partial charge in [-0.1, -0.05) is 0 Å². The van der Waals surface area contributed by atoms with E-state index in [1.54, 1.807) is 0 Å². The third-order valence-electron chi connectivity index (χ3n) is 0.976. The number of rotatable bonds is 3. The van der Waals surface area contributed by atoms with Crippen LogP contribution < -0.4 is 0 Å². The van der Waals surface area contributed by atoms with Crippen LogP contribution in [0.5, 0.6) is 0 Å². The SMILES string of the molecule is CC(=O)OC(C)(C)OC(=O)ON(C)C. The van der Waals surface area contributed by atoms with E-state index in [9.17, 15) is 9.59 Å². The Labute approximate surface area is 82.7 Å². The van der Waals surface area contributed by atoms with Crippen molar-refractivity contribution in [3.8, 4) is 0 Å². The maximum atomic E-state index is 11.0. The number of hydrogen-bond donors (Lipinski definition) is 0. The fraction of sp³-hybridized carbons (Fsp3) is 0.750. The Kier molecular flexibility index (Phi) is 4.36. The van der Waals surface area contributed by atoms with E-state index in [1.807, 2.05) is 0 Å². The van der Waals surface area contributed by atoms with Crippen LogP contribution in [0.4, 0.5) is 4.79 Å². The summed E-state index contributed by atoms with van der Waals surface area (Å²) in [6, 6.07) is 0. The topological polar surface area (TPSA) is 65.1 Å². The van der Waals surface area contributed by atoms with Gasteiger partial charge in [-0.15, -0.1) is 5.06 Å². The summed E-state index contributed by atoms with van der Waals surface area (Å²) < 4.78 is 9.42. The minimum Gasteiger partial charge on any atom is -0.423 e. The van der Waals surface area contributed by atoms with Crippen molar-refractivity contribution >= 4 is 12.1 Å². The van der Waals surface area contributed by atoms with Gasteiger partial charge in [0.1, 0.15) is 0 Å². The van der Waals surface area contributed by atoms with Crippen LogP contribution in [-0.4, -0.2) is 37.1 Å². The maximum absolute atomic E-state index is 11.0. The molecule has 6 nitrogen and oxygen atoms in total. The molecule has 0 aromatic carbocycles. The van der Waals surface area contributed by atoms with Gasteiger partial charge in [0.25, 0.3) is 5.79 Å². The molecule has 0 aliphatic rings. The summed E-state index contributed by atoms with van der Waals surface area (Å²) in [4.78, 5) is 26.1. The lowest BCUT2D eigenvalue weighted by molar-refractivity contribution is -0.210. The van der Waals surface area contributed by atoms with Crippen LogP contribution in [0.15, 0.2) is 0 Å². The molecule has 0 aromatic heterocycles. The Morgan fingerprint density at radius 3 is 2.00 bits per heavy atom. The summed E-state index contributed by atoms with van der Waals surface area (Å²) in [7, 11) is 3.06. The van der Waals surface area contributed by atoms with Gasteiger partial charge in [-0.3, -0.25) is 4.79 Å². The minimum absolute atomic E-state index is 0.535.